The third-order valence-electron chi connectivity index (χ3n) is 2.80. The van der Waals surface area contributed by atoms with E-state index in [9.17, 15) is 0 Å². The topological polar surface area (TPSA) is 44.5 Å². The van der Waals surface area contributed by atoms with E-state index < -0.39 is 0 Å². The van der Waals surface area contributed by atoms with Gasteiger partial charge >= 0.3 is 0 Å². The average molecular weight is 343 g/mol. The lowest BCUT2D eigenvalue weighted by Gasteiger charge is -2.14. The molecule has 2 aromatic rings. The minimum Gasteiger partial charge on any atom is -0.495 e. The van der Waals surface area contributed by atoms with Crippen LogP contribution in [0.5, 0.6) is 11.5 Å². The summed E-state index contributed by atoms with van der Waals surface area (Å²) in [6.07, 6.45) is 0. The van der Waals surface area contributed by atoms with E-state index in [2.05, 4.69) is 15.9 Å². The molecule has 0 heterocycles. The Morgan fingerprint density at radius 1 is 1.11 bits per heavy atom. The highest BCUT2D eigenvalue weighted by atomic mass is 79.9. The predicted octanol–water partition coefficient (Wildman–Crippen LogP) is 4.37. The summed E-state index contributed by atoms with van der Waals surface area (Å²) in [6, 6.07) is 9.28. The lowest BCUT2D eigenvalue weighted by atomic mass is 10.0. The molecule has 0 aliphatic carbocycles. The van der Waals surface area contributed by atoms with Crippen molar-refractivity contribution in [2.24, 2.45) is 0 Å². The summed E-state index contributed by atoms with van der Waals surface area (Å²) in [4.78, 5) is 0. The number of benzene rings is 2. The van der Waals surface area contributed by atoms with Crippen LogP contribution < -0.4 is 15.2 Å². The first-order valence-electron chi connectivity index (χ1n) is 5.54. The molecule has 0 saturated heterocycles. The number of anilines is 1. The first kappa shape index (κ1) is 14.0. The Bertz CT molecular complexity index is 617. The lowest BCUT2D eigenvalue weighted by molar-refractivity contribution is 0.390. The fourth-order valence-electron chi connectivity index (χ4n) is 1.82. The largest absolute Gasteiger partial charge is 0.495 e. The Labute approximate surface area is 125 Å². The van der Waals surface area contributed by atoms with Gasteiger partial charge in [0, 0.05) is 5.56 Å². The van der Waals surface area contributed by atoms with E-state index in [1.807, 2.05) is 24.3 Å². The molecule has 0 amide bonds. The van der Waals surface area contributed by atoms with Crippen LogP contribution in [-0.4, -0.2) is 14.2 Å². The summed E-state index contributed by atoms with van der Waals surface area (Å²) in [5.74, 6) is 1.40. The van der Waals surface area contributed by atoms with Gasteiger partial charge in [0.1, 0.15) is 16.0 Å². The second-order valence-corrected chi connectivity index (χ2v) is 5.10. The number of rotatable bonds is 3. The van der Waals surface area contributed by atoms with Crippen LogP contribution in [0.2, 0.25) is 5.02 Å². The summed E-state index contributed by atoms with van der Waals surface area (Å²) >= 11 is 9.53. The number of methoxy groups -OCH3 is 2. The van der Waals surface area contributed by atoms with E-state index in [4.69, 9.17) is 26.8 Å². The molecule has 0 bridgehead atoms. The molecule has 2 N–H and O–H groups in total. The minimum atomic E-state index is 0.520. The maximum absolute atomic E-state index is 6.06. The summed E-state index contributed by atoms with van der Waals surface area (Å²) in [7, 11) is 3.22. The second kappa shape index (κ2) is 5.72. The first-order valence-corrected chi connectivity index (χ1v) is 6.71. The van der Waals surface area contributed by atoms with Gasteiger partial charge in [0.05, 0.1) is 24.9 Å². The highest BCUT2D eigenvalue weighted by Crippen LogP contribution is 2.42. The molecule has 2 aromatic carbocycles. The van der Waals surface area contributed by atoms with Gasteiger partial charge in [-0.2, -0.15) is 0 Å². The smallest absolute Gasteiger partial charge is 0.144 e. The van der Waals surface area contributed by atoms with Gasteiger partial charge in [0.15, 0.2) is 0 Å². The van der Waals surface area contributed by atoms with Crippen molar-refractivity contribution in [1.82, 2.24) is 0 Å². The maximum Gasteiger partial charge on any atom is 0.144 e. The molecule has 0 atom stereocenters. The minimum absolute atomic E-state index is 0.520. The molecule has 19 heavy (non-hydrogen) atoms. The SMILES string of the molecule is COc1ccc(-c2ccc(N)c(Cl)c2)c(OC)c1Br. The normalized spacial score (nSPS) is 10.3. The van der Waals surface area contributed by atoms with Crippen LogP contribution in [0.25, 0.3) is 11.1 Å². The molecule has 0 aliphatic rings. The Balaban J connectivity index is 2.61. The van der Waals surface area contributed by atoms with Gasteiger partial charge in [-0.15, -0.1) is 0 Å². The summed E-state index contributed by atoms with van der Waals surface area (Å²) in [6.45, 7) is 0. The molecule has 0 spiro atoms. The van der Waals surface area contributed by atoms with E-state index in [1.165, 1.54) is 0 Å². The molecule has 0 aliphatic heterocycles. The first-order chi connectivity index (χ1) is 9.08. The van der Waals surface area contributed by atoms with Crippen molar-refractivity contribution in [3.8, 4) is 22.6 Å². The highest BCUT2D eigenvalue weighted by molar-refractivity contribution is 9.10. The van der Waals surface area contributed by atoms with Crippen LogP contribution >= 0.6 is 27.5 Å². The van der Waals surface area contributed by atoms with Gasteiger partial charge in [0.25, 0.3) is 0 Å². The number of nitrogens with two attached hydrogens (primary N) is 1. The molecule has 5 heteroatoms. The zero-order valence-electron chi connectivity index (χ0n) is 10.5. The zero-order valence-corrected chi connectivity index (χ0v) is 12.9. The maximum atomic E-state index is 6.06. The van der Waals surface area contributed by atoms with Gasteiger partial charge in [-0.3, -0.25) is 0 Å². The Kier molecular flexibility index (Phi) is 4.22. The summed E-state index contributed by atoms with van der Waals surface area (Å²) in [5.41, 5.74) is 8.12. The average Bonchev–Trinajstić information content (AvgIpc) is 2.41. The molecular weight excluding hydrogens is 330 g/mol. The Morgan fingerprint density at radius 2 is 1.84 bits per heavy atom. The van der Waals surface area contributed by atoms with Crippen molar-refractivity contribution < 1.29 is 9.47 Å². The molecule has 0 unspecified atom stereocenters. The van der Waals surface area contributed by atoms with Crippen LogP contribution in [-0.2, 0) is 0 Å². The fraction of sp³-hybridized carbons (Fsp3) is 0.143. The summed E-state index contributed by atoms with van der Waals surface area (Å²) < 4.78 is 11.5. The number of nitrogen functional groups attached to an aromatic ring is 1. The van der Waals surface area contributed by atoms with E-state index in [1.54, 1.807) is 20.3 Å². The van der Waals surface area contributed by atoms with Crippen molar-refractivity contribution in [3.05, 3.63) is 39.8 Å². The molecule has 0 fully saturated rings. The van der Waals surface area contributed by atoms with Gasteiger partial charge < -0.3 is 15.2 Å². The van der Waals surface area contributed by atoms with Gasteiger partial charge in [0.2, 0.25) is 0 Å². The third kappa shape index (κ3) is 2.65. The quantitative estimate of drug-likeness (QED) is 0.842. The van der Waals surface area contributed by atoms with E-state index in [0.717, 1.165) is 15.6 Å². The van der Waals surface area contributed by atoms with Crippen LogP contribution in [0.15, 0.2) is 34.8 Å². The third-order valence-corrected chi connectivity index (χ3v) is 3.88. The van der Waals surface area contributed by atoms with E-state index in [-0.39, 0.29) is 0 Å². The number of ether oxygens (including phenoxy) is 2. The Morgan fingerprint density at radius 3 is 2.42 bits per heavy atom. The van der Waals surface area contributed by atoms with Crippen LogP contribution in [0.4, 0.5) is 5.69 Å². The second-order valence-electron chi connectivity index (χ2n) is 3.90. The van der Waals surface area contributed by atoms with Gasteiger partial charge in [-0.05, 0) is 45.8 Å². The molecule has 0 radical (unpaired) electrons. The van der Waals surface area contributed by atoms with Crippen molar-refractivity contribution in [1.29, 1.82) is 0 Å². The van der Waals surface area contributed by atoms with Crippen molar-refractivity contribution >= 4 is 33.2 Å². The van der Waals surface area contributed by atoms with Crippen molar-refractivity contribution in [2.45, 2.75) is 0 Å². The van der Waals surface area contributed by atoms with E-state index >= 15 is 0 Å². The van der Waals surface area contributed by atoms with Crippen LogP contribution in [0.1, 0.15) is 0 Å². The fourth-order valence-corrected chi connectivity index (χ4v) is 2.67. The van der Waals surface area contributed by atoms with Crippen LogP contribution in [0.3, 0.4) is 0 Å². The standard InChI is InChI=1S/C14H13BrClNO2/c1-18-12-6-4-9(14(19-2)13(12)15)8-3-5-11(17)10(16)7-8/h3-7H,17H2,1-2H3. The predicted molar refractivity (Wildman–Crippen MR) is 82.1 cm³/mol. The monoisotopic (exact) mass is 341 g/mol. The summed E-state index contributed by atoms with van der Waals surface area (Å²) in [5, 5.41) is 0.520. The highest BCUT2D eigenvalue weighted by Gasteiger charge is 2.14. The van der Waals surface area contributed by atoms with Gasteiger partial charge in [-0.25, -0.2) is 0 Å². The number of halogens is 2. The molecule has 3 nitrogen and oxygen atoms in total. The molecular formula is C14H13BrClNO2. The molecule has 100 valence electrons. The number of hydrogen-bond donors (Lipinski definition) is 1. The van der Waals surface area contributed by atoms with Gasteiger partial charge in [-0.1, -0.05) is 17.7 Å². The van der Waals surface area contributed by atoms with Crippen molar-refractivity contribution in [2.75, 3.05) is 20.0 Å². The Hall–Kier alpha value is -1.39. The zero-order chi connectivity index (χ0) is 14.0. The molecule has 0 aromatic heterocycles. The molecule has 0 saturated carbocycles. The number of hydrogen-bond acceptors (Lipinski definition) is 3. The van der Waals surface area contributed by atoms with Crippen LogP contribution in [0, 0.1) is 0 Å². The lowest BCUT2D eigenvalue weighted by Crippen LogP contribution is -1.93. The molecule has 2 rings (SSSR count). The van der Waals surface area contributed by atoms with E-state index in [0.29, 0.717) is 22.2 Å². The van der Waals surface area contributed by atoms with Crippen molar-refractivity contribution in [3.63, 3.8) is 0 Å².